The molecule has 6 heteroatoms. The summed E-state index contributed by atoms with van der Waals surface area (Å²) in [4.78, 5) is 16.6. The molecule has 0 spiro atoms. The smallest absolute Gasteiger partial charge is 0.257 e. The zero-order valence-electron chi connectivity index (χ0n) is 15.7. The standard InChI is InChI=1S/C21H26FN3O2/c1-24-12-14-25(15-13-24)18-8-6-17(7-9-18)10-11-23-21(26)16-27-20-5-3-2-4-19(20)22/h2-9H,10-16H2,1H3,(H,23,26). The summed E-state index contributed by atoms with van der Waals surface area (Å²) >= 11 is 0. The summed E-state index contributed by atoms with van der Waals surface area (Å²) in [6, 6.07) is 14.6. The zero-order valence-corrected chi connectivity index (χ0v) is 15.7. The molecule has 0 unspecified atom stereocenters. The number of ether oxygens (including phenoxy) is 1. The Labute approximate surface area is 159 Å². The molecule has 1 N–H and O–H groups in total. The summed E-state index contributed by atoms with van der Waals surface area (Å²) in [5, 5.41) is 2.80. The van der Waals surface area contributed by atoms with E-state index in [0.29, 0.717) is 6.54 Å². The van der Waals surface area contributed by atoms with Crippen LogP contribution in [0.4, 0.5) is 10.1 Å². The Balaban J connectivity index is 1.38. The molecule has 1 aliphatic heterocycles. The minimum absolute atomic E-state index is 0.0899. The van der Waals surface area contributed by atoms with Crippen molar-refractivity contribution in [3.63, 3.8) is 0 Å². The second-order valence-electron chi connectivity index (χ2n) is 6.78. The van der Waals surface area contributed by atoms with E-state index in [4.69, 9.17) is 4.74 Å². The Hall–Kier alpha value is -2.60. The van der Waals surface area contributed by atoms with Gasteiger partial charge in [-0.25, -0.2) is 4.39 Å². The van der Waals surface area contributed by atoms with Crippen LogP contribution >= 0.6 is 0 Å². The van der Waals surface area contributed by atoms with Gasteiger partial charge in [-0.2, -0.15) is 0 Å². The van der Waals surface area contributed by atoms with Gasteiger partial charge >= 0.3 is 0 Å². The Morgan fingerprint density at radius 1 is 1.07 bits per heavy atom. The summed E-state index contributed by atoms with van der Waals surface area (Å²) in [7, 11) is 2.15. The second kappa shape index (κ2) is 9.37. The van der Waals surface area contributed by atoms with Crippen LogP contribution in [0.5, 0.6) is 5.75 Å². The molecule has 1 heterocycles. The van der Waals surface area contributed by atoms with Crippen LogP contribution in [0.2, 0.25) is 0 Å². The van der Waals surface area contributed by atoms with Gasteiger partial charge in [0.15, 0.2) is 18.2 Å². The zero-order chi connectivity index (χ0) is 19.1. The predicted molar refractivity (Wildman–Crippen MR) is 105 cm³/mol. The van der Waals surface area contributed by atoms with E-state index in [0.717, 1.165) is 32.6 Å². The van der Waals surface area contributed by atoms with Gasteiger partial charge < -0.3 is 19.9 Å². The largest absolute Gasteiger partial charge is 0.481 e. The Morgan fingerprint density at radius 3 is 2.48 bits per heavy atom. The van der Waals surface area contributed by atoms with E-state index in [1.165, 1.54) is 23.4 Å². The summed E-state index contributed by atoms with van der Waals surface area (Å²) < 4.78 is 18.6. The third-order valence-corrected chi connectivity index (χ3v) is 4.74. The number of carbonyl (C=O) groups is 1. The first kappa shape index (κ1) is 19.2. The molecule has 2 aromatic rings. The van der Waals surface area contributed by atoms with E-state index >= 15 is 0 Å². The molecule has 0 atom stereocenters. The highest BCUT2D eigenvalue weighted by molar-refractivity contribution is 5.77. The number of hydrogen-bond acceptors (Lipinski definition) is 4. The predicted octanol–water partition coefficient (Wildman–Crippen LogP) is 2.32. The quantitative estimate of drug-likeness (QED) is 0.811. The van der Waals surface area contributed by atoms with Crippen molar-refractivity contribution in [2.75, 3.05) is 51.3 Å². The molecule has 1 amide bonds. The maximum absolute atomic E-state index is 13.4. The molecular formula is C21H26FN3O2. The summed E-state index contributed by atoms with van der Waals surface area (Å²) in [5.41, 5.74) is 2.41. The van der Waals surface area contributed by atoms with Crippen molar-refractivity contribution in [2.24, 2.45) is 0 Å². The molecule has 3 rings (SSSR count). The summed E-state index contributed by atoms with van der Waals surface area (Å²) in [5.74, 6) is -0.634. The third kappa shape index (κ3) is 5.69. The molecule has 5 nitrogen and oxygen atoms in total. The number of likely N-dealkylation sites (N-methyl/N-ethyl adjacent to an activating group) is 1. The van der Waals surface area contributed by atoms with E-state index in [1.54, 1.807) is 12.1 Å². The first-order valence-corrected chi connectivity index (χ1v) is 9.28. The SMILES string of the molecule is CN1CCN(c2ccc(CCNC(=O)COc3ccccc3F)cc2)CC1. The van der Waals surface area contributed by atoms with Gasteiger partial charge in [0.25, 0.3) is 5.91 Å². The van der Waals surface area contributed by atoms with E-state index in [-0.39, 0.29) is 18.3 Å². The highest BCUT2D eigenvalue weighted by Gasteiger charge is 2.14. The van der Waals surface area contributed by atoms with Crippen LogP contribution in [0.15, 0.2) is 48.5 Å². The third-order valence-electron chi connectivity index (χ3n) is 4.74. The maximum Gasteiger partial charge on any atom is 0.257 e. The van der Waals surface area contributed by atoms with Crippen LogP contribution in [-0.4, -0.2) is 57.2 Å². The fourth-order valence-corrected chi connectivity index (χ4v) is 3.04. The lowest BCUT2D eigenvalue weighted by atomic mass is 10.1. The number of nitrogens with zero attached hydrogens (tertiary/aromatic N) is 2. The molecule has 144 valence electrons. The number of piperazine rings is 1. The molecule has 1 aliphatic rings. The van der Waals surface area contributed by atoms with Crippen LogP contribution in [0.3, 0.4) is 0 Å². The van der Waals surface area contributed by atoms with Gasteiger partial charge in [-0.15, -0.1) is 0 Å². The monoisotopic (exact) mass is 371 g/mol. The van der Waals surface area contributed by atoms with Crippen molar-refractivity contribution in [1.29, 1.82) is 0 Å². The van der Waals surface area contributed by atoms with Crippen LogP contribution in [0.1, 0.15) is 5.56 Å². The molecule has 27 heavy (non-hydrogen) atoms. The van der Waals surface area contributed by atoms with E-state index < -0.39 is 5.82 Å². The number of hydrogen-bond donors (Lipinski definition) is 1. The minimum atomic E-state index is -0.467. The Kier molecular flexibility index (Phi) is 6.65. The topological polar surface area (TPSA) is 44.8 Å². The van der Waals surface area contributed by atoms with Gasteiger partial charge in [-0.05, 0) is 43.3 Å². The number of anilines is 1. The average Bonchev–Trinajstić information content (AvgIpc) is 2.69. The van der Waals surface area contributed by atoms with E-state index in [9.17, 15) is 9.18 Å². The maximum atomic E-state index is 13.4. The Bertz CT molecular complexity index is 743. The Morgan fingerprint density at radius 2 is 1.78 bits per heavy atom. The number of para-hydroxylation sites is 1. The number of nitrogens with one attached hydrogen (secondary N) is 1. The van der Waals surface area contributed by atoms with Gasteiger partial charge in [0.2, 0.25) is 0 Å². The molecule has 0 aromatic heterocycles. The number of halogens is 1. The minimum Gasteiger partial charge on any atom is -0.481 e. The normalized spacial score (nSPS) is 14.8. The van der Waals surface area contributed by atoms with Crippen molar-refractivity contribution in [3.8, 4) is 5.75 Å². The molecule has 0 saturated carbocycles. The average molecular weight is 371 g/mol. The van der Waals surface area contributed by atoms with Gasteiger partial charge in [0.05, 0.1) is 0 Å². The van der Waals surface area contributed by atoms with Crippen LogP contribution < -0.4 is 15.0 Å². The van der Waals surface area contributed by atoms with Gasteiger partial charge in [-0.1, -0.05) is 24.3 Å². The summed E-state index contributed by atoms with van der Waals surface area (Å²) in [6.07, 6.45) is 0.744. The van der Waals surface area contributed by atoms with Crippen molar-refractivity contribution in [2.45, 2.75) is 6.42 Å². The van der Waals surface area contributed by atoms with Crippen molar-refractivity contribution < 1.29 is 13.9 Å². The fourth-order valence-electron chi connectivity index (χ4n) is 3.04. The first-order chi connectivity index (χ1) is 13.1. The molecule has 1 saturated heterocycles. The lowest BCUT2D eigenvalue weighted by molar-refractivity contribution is -0.123. The van der Waals surface area contributed by atoms with E-state index in [2.05, 4.69) is 46.4 Å². The number of amides is 1. The second-order valence-corrected chi connectivity index (χ2v) is 6.78. The highest BCUT2D eigenvalue weighted by Crippen LogP contribution is 2.17. The van der Waals surface area contributed by atoms with E-state index in [1.807, 2.05) is 0 Å². The van der Waals surface area contributed by atoms with Crippen molar-refractivity contribution in [1.82, 2.24) is 10.2 Å². The van der Waals surface area contributed by atoms with Gasteiger partial charge in [0.1, 0.15) is 0 Å². The molecule has 0 radical (unpaired) electrons. The first-order valence-electron chi connectivity index (χ1n) is 9.28. The van der Waals surface area contributed by atoms with Crippen LogP contribution in [0.25, 0.3) is 0 Å². The molecular weight excluding hydrogens is 345 g/mol. The number of benzene rings is 2. The molecule has 2 aromatic carbocycles. The van der Waals surface area contributed by atoms with Crippen LogP contribution in [0, 0.1) is 5.82 Å². The number of carbonyl (C=O) groups excluding carboxylic acids is 1. The van der Waals surface area contributed by atoms with Crippen molar-refractivity contribution >= 4 is 11.6 Å². The molecule has 0 bridgehead atoms. The molecule has 0 aliphatic carbocycles. The van der Waals surface area contributed by atoms with Gasteiger partial charge in [-0.3, -0.25) is 4.79 Å². The summed E-state index contributed by atoms with van der Waals surface area (Å²) in [6.45, 7) is 4.60. The fraction of sp³-hybridized carbons (Fsp3) is 0.381. The lowest BCUT2D eigenvalue weighted by Gasteiger charge is -2.34. The van der Waals surface area contributed by atoms with Crippen molar-refractivity contribution in [3.05, 3.63) is 59.9 Å². The highest BCUT2D eigenvalue weighted by atomic mass is 19.1. The van der Waals surface area contributed by atoms with Crippen LogP contribution in [-0.2, 0) is 11.2 Å². The lowest BCUT2D eigenvalue weighted by Crippen LogP contribution is -2.44. The molecule has 1 fully saturated rings. The number of rotatable bonds is 7. The van der Waals surface area contributed by atoms with Gasteiger partial charge in [0, 0.05) is 38.4 Å².